The molecule has 2 aromatic heterocycles. The number of hydrogen-bond acceptors (Lipinski definition) is 5. The van der Waals surface area contributed by atoms with Crippen molar-refractivity contribution in [1.82, 2.24) is 19.4 Å². The Kier molecular flexibility index (Phi) is 5.86. The van der Waals surface area contributed by atoms with Crippen molar-refractivity contribution < 1.29 is 13.6 Å². The Balaban J connectivity index is 1.39. The number of benzene rings is 2. The zero-order valence-corrected chi connectivity index (χ0v) is 18.6. The lowest BCUT2D eigenvalue weighted by Gasteiger charge is -2.35. The van der Waals surface area contributed by atoms with Crippen LogP contribution in [0.4, 0.5) is 14.6 Å². The number of pyridine rings is 1. The van der Waals surface area contributed by atoms with E-state index in [1.54, 1.807) is 11.1 Å². The van der Waals surface area contributed by atoms with Crippen LogP contribution in [0.5, 0.6) is 0 Å². The van der Waals surface area contributed by atoms with E-state index >= 15 is 0 Å². The van der Waals surface area contributed by atoms with Gasteiger partial charge < -0.3 is 9.80 Å². The van der Waals surface area contributed by atoms with Gasteiger partial charge in [-0.05, 0) is 48.5 Å². The second-order valence-electron chi connectivity index (χ2n) is 8.28. The number of aromatic nitrogens is 3. The van der Waals surface area contributed by atoms with Gasteiger partial charge in [0.25, 0.3) is 11.5 Å². The van der Waals surface area contributed by atoms with E-state index in [4.69, 9.17) is 0 Å². The Bertz CT molecular complexity index is 1530. The summed E-state index contributed by atoms with van der Waals surface area (Å²) < 4.78 is 29.5. The first kappa shape index (κ1) is 22.5. The van der Waals surface area contributed by atoms with Crippen molar-refractivity contribution in [3.05, 3.63) is 104 Å². The summed E-state index contributed by atoms with van der Waals surface area (Å²) in [5.74, 6) is -0.625. The predicted molar refractivity (Wildman–Crippen MR) is 127 cm³/mol. The minimum Gasteiger partial charge on any atom is -0.353 e. The molecule has 1 N–H and O–H groups in total. The topological polar surface area (TPSA) is 91.3 Å². The quantitative estimate of drug-likeness (QED) is 0.488. The highest BCUT2D eigenvalue weighted by Crippen LogP contribution is 2.18. The van der Waals surface area contributed by atoms with Crippen LogP contribution < -0.4 is 16.1 Å². The van der Waals surface area contributed by atoms with Crippen molar-refractivity contribution in [2.24, 2.45) is 0 Å². The van der Waals surface area contributed by atoms with E-state index in [-0.39, 0.29) is 28.9 Å². The average molecular weight is 477 g/mol. The van der Waals surface area contributed by atoms with Gasteiger partial charge >= 0.3 is 5.69 Å². The smallest absolute Gasteiger partial charge is 0.329 e. The summed E-state index contributed by atoms with van der Waals surface area (Å²) in [6.07, 6.45) is 1.72. The number of carbonyl (C=O) groups excluding carboxylic acids is 1. The van der Waals surface area contributed by atoms with Crippen LogP contribution in [-0.2, 0) is 6.54 Å². The molecule has 1 fully saturated rings. The van der Waals surface area contributed by atoms with Gasteiger partial charge in [-0.3, -0.25) is 19.1 Å². The summed E-state index contributed by atoms with van der Waals surface area (Å²) >= 11 is 0. The van der Waals surface area contributed by atoms with E-state index in [0.717, 1.165) is 22.5 Å². The van der Waals surface area contributed by atoms with Gasteiger partial charge in [0.05, 0.1) is 17.4 Å². The van der Waals surface area contributed by atoms with Gasteiger partial charge in [-0.25, -0.2) is 18.6 Å². The van der Waals surface area contributed by atoms with Crippen LogP contribution in [0.3, 0.4) is 0 Å². The van der Waals surface area contributed by atoms with Crippen molar-refractivity contribution in [2.75, 3.05) is 31.1 Å². The molecular formula is C25H21F2N5O3. The Hall–Kier alpha value is -4.34. The van der Waals surface area contributed by atoms with E-state index in [9.17, 15) is 23.2 Å². The molecule has 5 rings (SSSR count). The van der Waals surface area contributed by atoms with Crippen LogP contribution in [0, 0.1) is 11.6 Å². The van der Waals surface area contributed by atoms with Crippen LogP contribution in [-0.4, -0.2) is 51.5 Å². The van der Waals surface area contributed by atoms with Crippen molar-refractivity contribution in [2.45, 2.75) is 6.54 Å². The highest BCUT2D eigenvalue weighted by molar-refractivity contribution is 5.94. The number of carbonyl (C=O) groups is 1. The third kappa shape index (κ3) is 4.42. The molecule has 0 spiro atoms. The summed E-state index contributed by atoms with van der Waals surface area (Å²) in [5.41, 5.74) is -0.920. The number of aromatic amines is 1. The van der Waals surface area contributed by atoms with E-state index in [2.05, 4.69) is 14.9 Å². The minimum atomic E-state index is -0.754. The molecular weight excluding hydrogens is 456 g/mol. The van der Waals surface area contributed by atoms with Crippen LogP contribution >= 0.6 is 0 Å². The van der Waals surface area contributed by atoms with Gasteiger partial charge in [-0.2, -0.15) is 0 Å². The maximum atomic E-state index is 14.7. The molecule has 8 nitrogen and oxygen atoms in total. The van der Waals surface area contributed by atoms with Crippen LogP contribution in [0.25, 0.3) is 10.9 Å². The lowest BCUT2D eigenvalue weighted by atomic mass is 10.1. The second kappa shape index (κ2) is 9.13. The number of piperazine rings is 1. The van der Waals surface area contributed by atoms with Crippen molar-refractivity contribution in [1.29, 1.82) is 0 Å². The zero-order valence-electron chi connectivity index (χ0n) is 18.6. The first-order valence-corrected chi connectivity index (χ1v) is 11.1. The second-order valence-corrected chi connectivity index (χ2v) is 8.28. The summed E-state index contributed by atoms with van der Waals surface area (Å²) in [6.45, 7) is 1.96. The molecule has 0 radical (unpaired) electrons. The molecule has 1 aliphatic heterocycles. The van der Waals surface area contributed by atoms with Crippen molar-refractivity contribution >= 4 is 22.6 Å². The summed E-state index contributed by atoms with van der Waals surface area (Å²) in [7, 11) is 0. The number of anilines is 1. The Morgan fingerprint density at radius 2 is 1.77 bits per heavy atom. The molecule has 1 saturated heterocycles. The number of amides is 1. The highest BCUT2D eigenvalue weighted by Gasteiger charge is 2.23. The first-order valence-electron chi connectivity index (χ1n) is 11.1. The van der Waals surface area contributed by atoms with Crippen LogP contribution in [0.2, 0.25) is 0 Å². The predicted octanol–water partition coefficient (Wildman–Crippen LogP) is 2.37. The van der Waals surface area contributed by atoms with E-state index in [1.165, 1.54) is 24.3 Å². The SMILES string of the molecule is O=C(c1ccc(F)c(Cn2c(=O)[nH]c(=O)c3cc(F)ccc32)c1)N1CCN(c2ccccn2)CC1. The van der Waals surface area contributed by atoms with Crippen LogP contribution in [0.15, 0.2) is 70.4 Å². The molecule has 35 heavy (non-hydrogen) atoms. The molecule has 0 saturated carbocycles. The molecule has 1 amide bonds. The lowest BCUT2D eigenvalue weighted by Crippen LogP contribution is -2.49. The monoisotopic (exact) mass is 477 g/mol. The van der Waals surface area contributed by atoms with Crippen LogP contribution in [0.1, 0.15) is 15.9 Å². The molecule has 0 aliphatic carbocycles. The van der Waals surface area contributed by atoms with Gasteiger partial charge in [0.15, 0.2) is 0 Å². The summed E-state index contributed by atoms with van der Waals surface area (Å²) in [5, 5.41) is -0.0250. The Labute approximate surface area is 198 Å². The van der Waals surface area contributed by atoms with Crippen molar-refractivity contribution in [3.8, 4) is 0 Å². The molecule has 0 unspecified atom stereocenters. The van der Waals surface area contributed by atoms with Crippen molar-refractivity contribution in [3.63, 3.8) is 0 Å². The summed E-state index contributed by atoms with van der Waals surface area (Å²) in [4.78, 5) is 48.0. The molecule has 178 valence electrons. The number of nitrogens with zero attached hydrogens (tertiary/aromatic N) is 4. The highest BCUT2D eigenvalue weighted by atomic mass is 19.1. The Morgan fingerprint density at radius 3 is 2.51 bits per heavy atom. The van der Waals surface area contributed by atoms with Gasteiger partial charge in [0.1, 0.15) is 17.5 Å². The standard InChI is InChI=1S/C25H21F2N5O3/c26-18-5-7-21-19(14-18)23(33)29-25(35)32(21)15-17-13-16(4-6-20(17)27)24(34)31-11-9-30(10-12-31)22-3-1-2-8-28-22/h1-8,13-14H,9-12,15H2,(H,29,33,35). The number of halogens is 2. The maximum Gasteiger partial charge on any atom is 0.329 e. The van der Waals surface area contributed by atoms with E-state index in [1.807, 2.05) is 18.2 Å². The van der Waals surface area contributed by atoms with Gasteiger partial charge in [-0.1, -0.05) is 6.07 Å². The molecule has 2 aromatic carbocycles. The van der Waals surface area contributed by atoms with Gasteiger partial charge in [0, 0.05) is 43.5 Å². The van der Waals surface area contributed by atoms with E-state index < -0.39 is 22.9 Å². The lowest BCUT2D eigenvalue weighted by molar-refractivity contribution is 0.0746. The minimum absolute atomic E-state index is 0.0250. The zero-order chi connectivity index (χ0) is 24.5. The molecule has 1 aliphatic rings. The fraction of sp³-hybridized carbons (Fsp3) is 0.200. The summed E-state index contributed by atoms with van der Waals surface area (Å²) in [6, 6.07) is 13.1. The normalized spacial score (nSPS) is 13.9. The molecule has 4 aromatic rings. The van der Waals surface area contributed by atoms with Gasteiger partial charge in [0.2, 0.25) is 0 Å². The van der Waals surface area contributed by atoms with Gasteiger partial charge in [-0.15, -0.1) is 0 Å². The first-order chi connectivity index (χ1) is 16.9. The molecule has 0 atom stereocenters. The third-order valence-corrected chi connectivity index (χ3v) is 6.12. The number of H-pyrrole nitrogens is 1. The Morgan fingerprint density at radius 1 is 0.971 bits per heavy atom. The number of rotatable bonds is 4. The fourth-order valence-electron chi connectivity index (χ4n) is 4.29. The third-order valence-electron chi connectivity index (χ3n) is 6.12. The molecule has 10 heteroatoms. The van der Waals surface area contributed by atoms with E-state index in [0.29, 0.717) is 31.7 Å². The number of hydrogen-bond donors (Lipinski definition) is 1. The molecule has 3 heterocycles. The largest absolute Gasteiger partial charge is 0.353 e. The molecule has 0 bridgehead atoms. The number of nitrogens with one attached hydrogen (secondary N) is 1. The number of fused-ring (bicyclic) bond motifs is 1. The fourth-order valence-corrected chi connectivity index (χ4v) is 4.29. The average Bonchev–Trinajstić information content (AvgIpc) is 2.88. The maximum absolute atomic E-state index is 14.7.